The number of hydrogen-bond donors (Lipinski definition) is 1. The maximum absolute atomic E-state index is 12.7. The first-order valence-electron chi connectivity index (χ1n) is 8.38. The summed E-state index contributed by atoms with van der Waals surface area (Å²) in [6, 6.07) is 5.89. The van der Waals surface area contributed by atoms with Crippen LogP contribution < -0.4 is 9.62 Å². The zero-order valence-corrected chi connectivity index (χ0v) is 15.7. The number of amides is 1. The lowest BCUT2D eigenvalue weighted by atomic mass is 9.95. The van der Waals surface area contributed by atoms with Gasteiger partial charge in [0.1, 0.15) is 6.04 Å². The maximum Gasteiger partial charge on any atom is 0.244 e. The fourth-order valence-electron chi connectivity index (χ4n) is 3.19. The number of carbonyl (C=O) groups is 1. The van der Waals surface area contributed by atoms with Crippen LogP contribution in [0.3, 0.4) is 0 Å². The van der Waals surface area contributed by atoms with Gasteiger partial charge in [-0.2, -0.15) is 0 Å². The summed E-state index contributed by atoms with van der Waals surface area (Å²) in [5.74, 6) is -0.232. The molecule has 0 aliphatic heterocycles. The normalized spacial score (nSPS) is 17.3. The number of hydrogen-bond acceptors (Lipinski definition) is 3. The quantitative estimate of drug-likeness (QED) is 0.832. The first kappa shape index (κ1) is 19.1. The Morgan fingerprint density at radius 3 is 2.33 bits per heavy atom. The third kappa shape index (κ3) is 4.86. The van der Waals surface area contributed by atoms with Gasteiger partial charge in [-0.05, 0) is 43.5 Å². The van der Waals surface area contributed by atoms with Crippen molar-refractivity contribution in [2.75, 3.05) is 10.6 Å². The molecule has 7 heteroatoms. The molecule has 1 saturated carbocycles. The summed E-state index contributed by atoms with van der Waals surface area (Å²) in [7, 11) is -3.60. The van der Waals surface area contributed by atoms with Crippen molar-refractivity contribution < 1.29 is 13.2 Å². The second-order valence-electron chi connectivity index (χ2n) is 6.30. The highest BCUT2D eigenvalue weighted by atomic mass is 35.5. The van der Waals surface area contributed by atoms with Crippen molar-refractivity contribution in [1.82, 2.24) is 5.32 Å². The molecule has 1 amide bonds. The molecule has 0 spiro atoms. The van der Waals surface area contributed by atoms with E-state index in [-0.39, 0.29) is 11.9 Å². The average molecular weight is 373 g/mol. The van der Waals surface area contributed by atoms with Crippen LogP contribution in [-0.2, 0) is 14.8 Å². The van der Waals surface area contributed by atoms with E-state index in [4.69, 9.17) is 11.6 Å². The molecule has 1 unspecified atom stereocenters. The van der Waals surface area contributed by atoms with E-state index in [9.17, 15) is 13.2 Å². The predicted molar refractivity (Wildman–Crippen MR) is 97.9 cm³/mol. The molecule has 0 saturated heterocycles. The molecule has 0 aromatic heterocycles. The highest BCUT2D eigenvalue weighted by Crippen LogP contribution is 2.25. The largest absolute Gasteiger partial charge is 0.352 e. The minimum absolute atomic E-state index is 0.145. The summed E-state index contributed by atoms with van der Waals surface area (Å²) in [5.41, 5.74) is 0.451. The lowest BCUT2D eigenvalue weighted by Crippen LogP contribution is -2.51. The predicted octanol–water partition coefficient (Wildman–Crippen LogP) is 3.33. The fourth-order valence-corrected chi connectivity index (χ4v) is 4.53. The number of nitrogens with zero attached hydrogens (tertiary/aromatic N) is 1. The van der Waals surface area contributed by atoms with Crippen LogP contribution in [0.25, 0.3) is 0 Å². The molecule has 2 rings (SSSR count). The van der Waals surface area contributed by atoms with Gasteiger partial charge in [0.2, 0.25) is 15.9 Å². The number of sulfonamides is 1. The Hall–Kier alpha value is -1.27. The van der Waals surface area contributed by atoms with Crippen LogP contribution in [0.2, 0.25) is 5.02 Å². The van der Waals surface area contributed by atoms with Gasteiger partial charge in [-0.25, -0.2) is 8.42 Å². The lowest BCUT2D eigenvalue weighted by molar-refractivity contribution is -0.123. The minimum Gasteiger partial charge on any atom is -0.352 e. The van der Waals surface area contributed by atoms with E-state index >= 15 is 0 Å². The third-order valence-electron chi connectivity index (χ3n) is 4.36. The van der Waals surface area contributed by atoms with Crippen molar-refractivity contribution in [2.45, 2.75) is 57.5 Å². The van der Waals surface area contributed by atoms with Gasteiger partial charge >= 0.3 is 0 Å². The Morgan fingerprint density at radius 2 is 1.83 bits per heavy atom. The molecular formula is C17H25ClN2O3S. The molecule has 1 N–H and O–H groups in total. The second-order valence-corrected chi connectivity index (χ2v) is 8.60. The number of benzene rings is 1. The SMILES string of the molecule is CCC(C(=O)NC1CCCCC1)N(c1ccc(Cl)cc1)S(C)(=O)=O. The first-order chi connectivity index (χ1) is 11.3. The highest BCUT2D eigenvalue weighted by molar-refractivity contribution is 7.92. The van der Waals surface area contributed by atoms with E-state index in [1.807, 2.05) is 6.92 Å². The van der Waals surface area contributed by atoms with Crippen molar-refractivity contribution in [2.24, 2.45) is 0 Å². The van der Waals surface area contributed by atoms with Crippen molar-refractivity contribution in [3.05, 3.63) is 29.3 Å². The molecule has 1 aliphatic rings. The molecule has 1 fully saturated rings. The Balaban J connectivity index is 2.24. The first-order valence-corrected chi connectivity index (χ1v) is 10.6. The zero-order valence-electron chi connectivity index (χ0n) is 14.2. The summed E-state index contributed by atoms with van der Waals surface area (Å²) in [6.45, 7) is 1.82. The standard InChI is InChI=1S/C17H25ClN2O3S/c1-3-16(17(21)19-14-7-5-4-6-8-14)20(24(2,22)23)15-11-9-13(18)10-12-15/h9-12,14,16H,3-8H2,1-2H3,(H,19,21). The minimum atomic E-state index is -3.60. The molecule has 0 bridgehead atoms. The third-order valence-corrected chi connectivity index (χ3v) is 5.79. The topological polar surface area (TPSA) is 66.5 Å². The fraction of sp³-hybridized carbons (Fsp3) is 0.588. The van der Waals surface area contributed by atoms with E-state index in [0.29, 0.717) is 17.1 Å². The van der Waals surface area contributed by atoms with E-state index < -0.39 is 16.1 Å². The Morgan fingerprint density at radius 1 is 1.25 bits per heavy atom. The van der Waals surface area contributed by atoms with Crippen LogP contribution in [0.15, 0.2) is 24.3 Å². The summed E-state index contributed by atoms with van der Waals surface area (Å²) >= 11 is 5.89. The van der Waals surface area contributed by atoms with Crippen molar-refractivity contribution in [3.63, 3.8) is 0 Å². The molecule has 5 nitrogen and oxygen atoms in total. The summed E-state index contributed by atoms with van der Waals surface area (Å²) < 4.78 is 25.8. The number of carbonyl (C=O) groups excluding carboxylic acids is 1. The molecule has 1 aliphatic carbocycles. The van der Waals surface area contributed by atoms with Gasteiger partial charge in [0.25, 0.3) is 0 Å². The molecule has 1 aromatic carbocycles. The van der Waals surface area contributed by atoms with Gasteiger partial charge in [-0.15, -0.1) is 0 Å². The van der Waals surface area contributed by atoms with Gasteiger partial charge in [-0.3, -0.25) is 9.10 Å². The van der Waals surface area contributed by atoms with Crippen LogP contribution >= 0.6 is 11.6 Å². The molecule has 24 heavy (non-hydrogen) atoms. The van der Waals surface area contributed by atoms with Crippen LogP contribution in [0, 0.1) is 0 Å². The highest BCUT2D eigenvalue weighted by Gasteiger charge is 2.32. The molecule has 134 valence electrons. The molecule has 0 heterocycles. The molecule has 1 atom stereocenters. The molecule has 0 radical (unpaired) electrons. The summed E-state index contributed by atoms with van der Waals surface area (Å²) in [6.07, 6.45) is 6.85. The van der Waals surface area contributed by atoms with Crippen LogP contribution in [-0.4, -0.2) is 32.7 Å². The Bertz CT molecular complexity index is 655. The number of nitrogens with one attached hydrogen (secondary N) is 1. The van der Waals surface area contributed by atoms with E-state index in [2.05, 4.69) is 5.32 Å². The molecule has 1 aromatic rings. The van der Waals surface area contributed by atoms with Crippen LogP contribution in [0.4, 0.5) is 5.69 Å². The van der Waals surface area contributed by atoms with Crippen LogP contribution in [0.1, 0.15) is 45.4 Å². The van der Waals surface area contributed by atoms with Crippen molar-refractivity contribution in [3.8, 4) is 0 Å². The smallest absolute Gasteiger partial charge is 0.244 e. The lowest BCUT2D eigenvalue weighted by Gasteiger charge is -2.32. The average Bonchev–Trinajstić information content (AvgIpc) is 2.53. The van der Waals surface area contributed by atoms with Gasteiger partial charge in [0, 0.05) is 11.1 Å². The van der Waals surface area contributed by atoms with Gasteiger partial charge in [0.15, 0.2) is 0 Å². The Labute approximate surface area is 149 Å². The number of halogens is 1. The summed E-state index contributed by atoms with van der Waals surface area (Å²) in [4.78, 5) is 12.7. The Kier molecular flexibility index (Phi) is 6.52. The van der Waals surface area contributed by atoms with E-state index in [1.54, 1.807) is 24.3 Å². The zero-order chi connectivity index (χ0) is 17.7. The van der Waals surface area contributed by atoms with E-state index in [0.717, 1.165) is 31.9 Å². The second kappa shape index (κ2) is 8.21. The molecular weight excluding hydrogens is 348 g/mol. The van der Waals surface area contributed by atoms with Crippen molar-refractivity contribution in [1.29, 1.82) is 0 Å². The van der Waals surface area contributed by atoms with Crippen molar-refractivity contribution >= 4 is 33.2 Å². The van der Waals surface area contributed by atoms with Crippen LogP contribution in [0.5, 0.6) is 0 Å². The van der Waals surface area contributed by atoms with Gasteiger partial charge in [-0.1, -0.05) is 37.8 Å². The summed E-state index contributed by atoms with van der Waals surface area (Å²) in [5, 5.41) is 3.55. The van der Waals surface area contributed by atoms with E-state index in [1.165, 1.54) is 10.7 Å². The monoisotopic (exact) mass is 372 g/mol. The van der Waals surface area contributed by atoms with Gasteiger partial charge in [0.05, 0.1) is 11.9 Å². The van der Waals surface area contributed by atoms with Gasteiger partial charge < -0.3 is 5.32 Å². The maximum atomic E-state index is 12.7. The number of rotatable bonds is 6. The number of anilines is 1.